The first-order chi connectivity index (χ1) is 6.07. The molecule has 0 fully saturated rings. The number of hydrogen-bond donors (Lipinski definition) is 1. The Bertz CT molecular complexity index is 146. The summed E-state index contributed by atoms with van der Waals surface area (Å²) in [5.74, 6) is 0.704. The largest absolute Gasteiger partial charge is 0.377 e. The predicted molar refractivity (Wildman–Crippen MR) is 56.4 cm³/mol. The van der Waals surface area contributed by atoms with Crippen molar-refractivity contribution in [2.75, 3.05) is 20.2 Å². The van der Waals surface area contributed by atoms with Crippen molar-refractivity contribution < 1.29 is 4.74 Å². The van der Waals surface area contributed by atoms with Crippen LogP contribution in [0, 0.1) is 5.41 Å². The summed E-state index contributed by atoms with van der Waals surface area (Å²) < 4.78 is 5.40. The Balaban J connectivity index is 3.49. The van der Waals surface area contributed by atoms with Gasteiger partial charge in [0.25, 0.3) is 0 Å². The van der Waals surface area contributed by atoms with Gasteiger partial charge in [-0.3, -0.25) is 5.41 Å². The minimum atomic E-state index is 0.286. The van der Waals surface area contributed by atoms with Gasteiger partial charge < -0.3 is 9.64 Å². The summed E-state index contributed by atoms with van der Waals surface area (Å²) in [5, 5.41) is 7.65. The molecule has 78 valence electrons. The highest BCUT2D eigenvalue weighted by molar-refractivity contribution is 5.78. The second-order valence-electron chi connectivity index (χ2n) is 3.54. The fraction of sp³-hybridized carbons (Fsp3) is 0.900. The molecule has 1 N–H and O–H groups in total. The van der Waals surface area contributed by atoms with Crippen LogP contribution in [0.1, 0.15) is 33.6 Å². The van der Waals surface area contributed by atoms with Crippen molar-refractivity contribution in [1.82, 2.24) is 4.90 Å². The van der Waals surface area contributed by atoms with Crippen LogP contribution in [0.15, 0.2) is 0 Å². The van der Waals surface area contributed by atoms with Gasteiger partial charge in [0.15, 0.2) is 0 Å². The summed E-state index contributed by atoms with van der Waals surface area (Å²) in [6.07, 6.45) is 2.18. The lowest BCUT2D eigenvalue weighted by Crippen LogP contribution is -2.29. The average Bonchev–Trinajstić information content (AvgIpc) is 2.04. The molecule has 0 bridgehead atoms. The summed E-state index contributed by atoms with van der Waals surface area (Å²) in [6.45, 7) is 7.67. The molecule has 0 rings (SSSR count). The first kappa shape index (κ1) is 12.4. The molecule has 0 amide bonds. The van der Waals surface area contributed by atoms with Gasteiger partial charge in [-0.15, -0.1) is 0 Å². The van der Waals surface area contributed by atoms with E-state index in [0.29, 0.717) is 12.4 Å². The molecule has 0 aromatic heterocycles. The van der Waals surface area contributed by atoms with Crippen molar-refractivity contribution in [2.45, 2.75) is 39.7 Å². The fourth-order valence-corrected chi connectivity index (χ4v) is 0.988. The normalized spacial score (nSPS) is 10.5. The van der Waals surface area contributed by atoms with Gasteiger partial charge in [0, 0.05) is 20.0 Å². The van der Waals surface area contributed by atoms with Gasteiger partial charge in [-0.2, -0.15) is 0 Å². The van der Waals surface area contributed by atoms with Crippen LogP contribution in [-0.4, -0.2) is 37.0 Å². The van der Waals surface area contributed by atoms with Gasteiger partial charge in [-0.25, -0.2) is 0 Å². The van der Waals surface area contributed by atoms with Gasteiger partial charge in [-0.05, 0) is 20.3 Å². The average molecular weight is 186 g/mol. The van der Waals surface area contributed by atoms with Gasteiger partial charge in [0.1, 0.15) is 0 Å². The minimum Gasteiger partial charge on any atom is -0.377 e. The van der Waals surface area contributed by atoms with Crippen LogP contribution in [0.25, 0.3) is 0 Å². The van der Waals surface area contributed by atoms with E-state index < -0.39 is 0 Å². The first-order valence-corrected chi connectivity index (χ1v) is 4.98. The van der Waals surface area contributed by atoms with E-state index in [2.05, 4.69) is 6.92 Å². The maximum absolute atomic E-state index is 7.65. The molecule has 0 unspecified atom stereocenters. The molecule has 0 aliphatic carbocycles. The van der Waals surface area contributed by atoms with Crippen LogP contribution in [-0.2, 0) is 4.74 Å². The van der Waals surface area contributed by atoms with E-state index in [9.17, 15) is 0 Å². The number of nitrogens with zero attached hydrogens (tertiary/aromatic N) is 1. The molecule has 0 heterocycles. The van der Waals surface area contributed by atoms with E-state index in [0.717, 1.165) is 19.4 Å². The monoisotopic (exact) mass is 186 g/mol. The second-order valence-corrected chi connectivity index (χ2v) is 3.54. The van der Waals surface area contributed by atoms with Crippen LogP contribution < -0.4 is 0 Å². The van der Waals surface area contributed by atoms with Crippen molar-refractivity contribution in [2.24, 2.45) is 0 Å². The standard InChI is InChI=1S/C10H22N2O/c1-5-6-10(11)12(4)7-8-13-9(2)3/h9,11H,5-8H2,1-4H3. The highest BCUT2D eigenvalue weighted by Gasteiger charge is 2.02. The maximum Gasteiger partial charge on any atom is 0.0955 e. The van der Waals surface area contributed by atoms with Crippen LogP contribution in [0.3, 0.4) is 0 Å². The molecule has 13 heavy (non-hydrogen) atoms. The molecule has 0 aromatic carbocycles. The summed E-state index contributed by atoms with van der Waals surface area (Å²) in [5.41, 5.74) is 0. The van der Waals surface area contributed by atoms with Gasteiger partial charge in [0.2, 0.25) is 0 Å². The summed E-state index contributed by atoms with van der Waals surface area (Å²) in [4.78, 5) is 1.95. The SMILES string of the molecule is CCCC(=N)N(C)CCOC(C)C. The smallest absolute Gasteiger partial charge is 0.0955 e. The van der Waals surface area contributed by atoms with E-state index >= 15 is 0 Å². The molecular formula is C10H22N2O. The van der Waals surface area contributed by atoms with Gasteiger partial charge in [0.05, 0.1) is 18.5 Å². The highest BCUT2D eigenvalue weighted by Crippen LogP contribution is 1.96. The predicted octanol–water partition coefficient (Wildman–Crippen LogP) is 2.12. The Morgan fingerprint density at radius 3 is 2.54 bits per heavy atom. The lowest BCUT2D eigenvalue weighted by molar-refractivity contribution is 0.0722. The Hall–Kier alpha value is -0.570. The number of amidine groups is 1. The van der Waals surface area contributed by atoms with Crippen LogP contribution in [0.2, 0.25) is 0 Å². The van der Waals surface area contributed by atoms with Crippen molar-refractivity contribution in [1.29, 1.82) is 5.41 Å². The second kappa shape index (κ2) is 6.89. The van der Waals surface area contributed by atoms with E-state index in [1.165, 1.54) is 0 Å². The van der Waals surface area contributed by atoms with Gasteiger partial charge >= 0.3 is 0 Å². The first-order valence-electron chi connectivity index (χ1n) is 4.98. The minimum absolute atomic E-state index is 0.286. The van der Waals surface area contributed by atoms with Gasteiger partial charge in [-0.1, -0.05) is 6.92 Å². The van der Waals surface area contributed by atoms with E-state index in [-0.39, 0.29) is 6.10 Å². The van der Waals surface area contributed by atoms with E-state index in [4.69, 9.17) is 10.1 Å². The summed E-state index contributed by atoms with van der Waals surface area (Å²) >= 11 is 0. The number of hydrogen-bond acceptors (Lipinski definition) is 2. The van der Waals surface area contributed by atoms with Crippen molar-refractivity contribution >= 4 is 5.84 Å². The van der Waals surface area contributed by atoms with Crippen LogP contribution in [0.4, 0.5) is 0 Å². The summed E-state index contributed by atoms with van der Waals surface area (Å²) in [7, 11) is 1.95. The quantitative estimate of drug-likeness (QED) is 0.509. The number of rotatable bonds is 6. The zero-order valence-electron chi connectivity index (χ0n) is 9.26. The lowest BCUT2D eigenvalue weighted by Gasteiger charge is -2.20. The van der Waals surface area contributed by atoms with Crippen LogP contribution in [0.5, 0.6) is 0 Å². The Morgan fingerprint density at radius 1 is 1.46 bits per heavy atom. The molecule has 3 heteroatoms. The Kier molecular flexibility index (Phi) is 6.59. The van der Waals surface area contributed by atoms with E-state index in [1.807, 2.05) is 25.8 Å². The Morgan fingerprint density at radius 2 is 2.08 bits per heavy atom. The molecule has 0 radical (unpaired) electrons. The molecule has 0 saturated carbocycles. The summed E-state index contributed by atoms with van der Waals surface area (Å²) in [6, 6.07) is 0. The maximum atomic E-state index is 7.65. The molecule has 0 aliphatic heterocycles. The topological polar surface area (TPSA) is 36.3 Å². The Labute approximate surface area is 81.6 Å². The van der Waals surface area contributed by atoms with Crippen molar-refractivity contribution in [3.8, 4) is 0 Å². The van der Waals surface area contributed by atoms with E-state index in [1.54, 1.807) is 0 Å². The van der Waals surface area contributed by atoms with Crippen LogP contribution >= 0.6 is 0 Å². The molecule has 3 nitrogen and oxygen atoms in total. The third-order valence-electron chi connectivity index (χ3n) is 1.83. The third kappa shape index (κ3) is 6.58. The number of ether oxygens (including phenoxy) is 1. The number of likely N-dealkylation sites (N-methyl/N-ethyl adjacent to an activating group) is 1. The highest BCUT2D eigenvalue weighted by atomic mass is 16.5. The molecule has 0 aromatic rings. The molecule has 0 spiro atoms. The molecular weight excluding hydrogens is 164 g/mol. The molecule has 0 saturated heterocycles. The molecule has 0 atom stereocenters. The lowest BCUT2D eigenvalue weighted by atomic mass is 10.3. The fourth-order valence-electron chi connectivity index (χ4n) is 0.988. The van der Waals surface area contributed by atoms with Crippen molar-refractivity contribution in [3.05, 3.63) is 0 Å². The van der Waals surface area contributed by atoms with Crippen molar-refractivity contribution in [3.63, 3.8) is 0 Å². The zero-order valence-corrected chi connectivity index (χ0v) is 9.26. The molecule has 0 aliphatic rings. The zero-order chi connectivity index (χ0) is 10.3. The number of nitrogens with one attached hydrogen (secondary N) is 1. The third-order valence-corrected chi connectivity index (χ3v) is 1.83.